The van der Waals surface area contributed by atoms with Crippen molar-refractivity contribution in [2.45, 2.75) is 45.3 Å². The van der Waals surface area contributed by atoms with Gasteiger partial charge in [0.05, 0.1) is 24.9 Å². The fourth-order valence-electron chi connectivity index (χ4n) is 5.58. The van der Waals surface area contributed by atoms with E-state index in [-0.39, 0.29) is 17.9 Å². The summed E-state index contributed by atoms with van der Waals surface area (Å²) in [6, 6.07) is 7.49. The molecule has 1 N–H and O–H groups in total. The number of anilines is 1. The van der Waals surface area contributed by atoms with Crippen molar-refractivity contribution in [2.24, 2.45) is 10.9 Å². The standard InChI is InChI=1S/C27H34N6O3/c1-17-14-33-25(29-26(17)31-15-19(13-28-3)23(34)16-31)12-21(30-33)22-9-5-6-11-32(22)27(35)20-8-7-10-24(36-4)18(20)2/h7-8,10,12,14,19,22-23,34H,3,5-6,9,11,13,15-16H2,1-2,4H3. The number of hydrogen-bond acceptors (Lipinski definition) is 7. The van der Waals surface area contributed by atoms with E-state index in [0.717, 1.165) is 47.5 Å². The normalized spacial score (nSPS) is 22.3. The maximum atomic E-state index is 13.7. The monoisotopic (exact) mass is 490 g/mol. The van der Waals surface area contributed by atoms with Crippen molar-refractivity contribution in [1.29, 1.82) is 0 Å². The lowest BCUT2D eigenvalue weighted by Crippen LogP contribution is -2.39. The highest BCUT2D eigenvalue weighted by atomic mass is 16.5. The maximum absolute atomic E-state index is 13.7. The minimum absolute atomic E-state index is 0.00547. The third kappa shape index (κ3) is 4.32. The van der Waals surface area contributed by atoms with Gasteiger partial charge in [-0.3, -0.25) is 4.79 Å². The Bertz CT molecular complexity index is 1290. The van der Waals surface area contributed by atoms with E-state index in [9.17, 15) is 9.90 Å². The number of aryl methyl sites for hydroxylation is 1. The van der Waals surface area contributed by atoms with Crippen molar-refractivity contribution >= 4 is 24.1 Å². The Kier molecular flexibility index (Phi) is 6.66. The number of piperidine rings is 1. The van der Waals surface area contributed by atoms with Gasteiger partial charge in [0.2, 0.25) is 0 Å². The van der Waals surface area contributed by atoms with Crippen LogP contribution >= 0.6 is 0 Å². The number of methoxy groups -OCH3 is 1. The lowest BCUT2D eigenvalue weighted by molar-refractivity contribution is 0.0604. The number of rotatable bonds is 6. The summed E-state index contributed by atoms with van der Waals surface area (Å²) in [7, 11) is 1.62. The van der Waals surface area contributed by atoms with Crippen LogP contribution in [0.15, 0.2) is 35.5 Å². The third-order valence-corrected chi connectivity index (χ3v) is 7.53. The van der Waals surface area contributed by atoms with Crippen LogP contribution in [0.25, 0.3) is 5.65 Å². The van der Waals surface area contributed by atoms with Crippen LogP contribution in [0.3, 0.4) is 0 Å². The Morgan fingerprint density at radius 3 is 2.89 bits per heavy atom. The molecule has 0 saturated carbocycles. The van der Waals surface area contributed by atoms with Gasteiger partial charge in [-0.15, -0.1) is 0 Å². The van der Waals surface area contributed by atoms with Crippen molar-refractivity contribution in [1.82, 2.24) is 19.5 Å². The van der Waals surface area contributed by atoms with Gasteiger partial charge in [-0.1, -0.05) is 6.07 Å². The predicted octanol–water partition coefficient (Wildman–Crippen LogP) is 3.22. The van der Waals surface area contributed by atoms with Crippen LogP contribution in [0.5, 0.6) is 5.75 Å². The number of hydrogen-bond donors (Lipinski definition) is 1. The number of aromatic nitrogens is 3. The molecule has 2 fully saturated rings. The van der Waals surface area contributed by atoms with Gasteiger partial charge in [-0.25, -0.2) is 9.50 Å². The molecule has 2 aliphatic heterocycles. The molecule has 0 bridgehead atoms. The molecule has 0 spiro atoms. The smallest absolute Gasteiger partial charge is 0.254 e. The van der Waals surface area contributed by atoms with Gasteiger partial charge in [-0.2, -0.15) is 5.10 Å². The van der Waals surface area contributed by atoms with Crippen molar-refractivity contribution in [3.05, 3.63) is 52.8 Å². The number of benzene rings is 1. The highest BCUT2D eigenvalue weighted by Gasteiger charge is 2.34. The number of fused-ring (bicyclic) bond motifs is 1. The van der Waals surface area contributed by atoms with Crippen molar-refractivity contribution in [3.63, 3.8) is 0 Å². The first-order chi connectivity index (χ1) is 17.4. The molecule has 190 valence electrons. The van der Waals surface area contributed by atoms with Crippen LogP contribution in [0.4, 0.5) is 5.82 Å². The second-order valence-electron chi connectivity index (χ2n) is 9.90. The zero-order valence-corrected chi connectivity index (χ0v) is 21.2. The number of likely N-dealkylation sites (tertiary alicyclic amines) is 1. The number of carbonyl (C=O) groups is 1. The molecule has 9 nitrogen and oxygen atoms in total. The Hall–Kier alpha value is -3.46. The van der Waals surface area contributed by atoms with Crippen LogP contribution in [-0.2, 0) is 0 Å². The van der Waals surface area contributed by atoms with Gasteiger partial charge >= 0.3 is 0 Å². The molecule has 2 saturated heterocycles. The highest BCUT2D eigenvalue weighted by molar-refractivity contribution is 5.96. The van der Waals surface area contributed by atoms with Gasteiger partial charge in [0.25, 0.3) is 5.91 Å². The Labute approximate surface area is 211 Å². The summed E-state index contributed by atoms with van der Waals surface area (Å²) >= 11 is 0. The zero-order chi connectivity index (χ0) is 25.4. The maximum Gasteiger partial charge on any atom is 0.254 e. The van der Waals surface area contributed by atoms with Crippen LogP contribution < -0.4 is 9.64 Å². The zero-order valence-electron chi connectivity index (χ0n) is 21.2. The Balaban J connectivity index is 1.45. The van der Waals surface area contributed by atoms with E-state index >= 15 is 0 Å². The molecule has 36 heavy (non-hydrogen) atoms. The summed E-state index contributed by atoms with van der Waals surface area (Å²) in [5.41, 5.74) is 4.09. The third-order valence-electron chi connectivity index (χ3n) is 7.53. The number of aliphatic imine (C=N–C) groups is 1. The van der Waals surface area contributed by atoms with E-state index in [1.54, 1.807) is 11.6 Å². The van der Waals surface area contributed by atoms with Crippen LogP contribution in [-0.4, -0.2) is 76.6 Å². The molecule has 0 radical (unpaired) electrons. The fraction of sp³-hybridized carbons (Fsp3) is 0.481. The minimum Gasteiger partial charge on any atom is -0.496 e. The number of nitrogens with zero attached hydrogens (tertiary/aromatic N) is 6. The first kappa shape index (κ1) is 24.2. The number of carbonyl (C=O) groups excluding carboxylic acids is 1. The summed E-state index contributed by atoms with van der Waals surface area (Å²) in [4.78, 5) is 26.6. The van der Waals surface area contributed by atoms with E-state index in [1.165, 1.54) is 0 Å². The Morgan fingerprint density at radius 1 is 1.28 bits per heavy atom. The van der Waals surface area contributed by atoms with Crippen molar-refractivity contribution in [2.75, 3.05) is 38.2 Å². The van der Waals surface area contributed by atoms with Gasteiger partial charge in [0, 0.05) is 61.1 Å². The summed E-state index contributed by atoms with van der Waals surface area (Å²) in [5.74, 6) is 1.63. The summed E-state index contributed by atoms with van der Waals surface area (Å²) in [6.45, 7) is 9.95. The molecule has 2 aliphatic rings. The SMILES string of the molecule is C=NCC1CN(c2nc3cc(C4CCCCN4C(=O)c4cccc(OC)c4C)nn3cc2C)CC1O. The van der Waals surface area contributed by atoms with E-state index in [4.69, 9.17) is 14.8 Å². The van der Waals surface area contributed by atoms with Gasteiger partial charge in [0.1, 0.15) is 11.6 Å². The number of aliphatic hydroxyl groups is 1. The summed E-state index contributed by atoms with van der Waals surface area (Å²) < 4.78 is 7.25. The molecule has 3 unspecified atom stereocenters. The molecule has 3 atom stereocenters. The van der Waals surface area contributed by atoms with E-state index in [1.807, 2.05) is 49.2 Å². The van der Waals surface area contributed by atoms with Crippen LogP contribution in [0.1, 0.15) is 52.5 Å². The molecule has 9 heteroatoms. The molecule has 2 aromatic heterocycles. The minimum atomic E-state index is -0.449. The van der Waals surface area contributed by atoms with Crippen LogP contribution in [0.2, 0.25) is 0 Å². The Morgan fingerprint density at radius 2 is 2.11 bits per heavy atom. The molecule has 4 heterocycles. The number of amides is 1. The first-order valence-electron chi connectivity index (χ1n) is 12.6. The second-order valence-corrected chi connectivity index (χ2v) is 9.90. The molecule has 1 aromatic carbocycles. The van der Waals surface area contributed by atoms with Gasteiger partial charge in [-0.05, 0) is 52.0 Å². The molecular formula is C27H34N6O3. The lowest BCUT2D eigenvalue weighted by Gasteiger charge is -2.35. The molecule has 0 aliphatic carbocycles. The number of ether oxygens (including phenoxy) is 1. The largest absolute Gasteiger partial charge is 0.496 e. The van der Waals surface area contributed by atoms with E-state index < -0.39 is 6.10 Å². The van der Waals surface area contributed by atoms with Crippen molar-refractivity contribution in [3.8, 4) is 5.75 Å². The predicted molar refractivity (Wildman–Crippen MR) is 139 cm³/mol. The van der Waals surface area contributed by atoms with Crippen LogP contribution in [0, 0.1) is 19.8 Å². The van der Waals surface area contributed by atoms with E-state index in [2.05, 4.69) is 16.6 Å². The highest BCUT2D eigenvalue weighted by Crippen LogP contribution is 2.34. The second kappa shape index (κ2) is 9.89. The van der Waals surface area contributed by atoms with E-state index in [0.29, 0.717) is 37.5 Å². The lowest BCUT2D eigenvalue weighted by atomic mass is 9.97. The summed E-state index contributed by atoms with van der Waals surface area (Å²) in [6.07, 6.45) is 4.40. The number of aliphatic hydroxyl groups excluding tert-OH is 1. The molecule has 1 amide bonds. The topological polar surface area (TPSA) is 95.6 Å². The molecule has 3 aromatic rings. The van der Waals surface area contributed by atoms with Crippen molar-refractivity contribution < 1.29 is 14.6 Å². The fourth-order valence-corrected chi connectivity index (χ4v) is 5.58. The number of β-amino-alcohol motifs (C(OH)–C–C–N with tert-alkyl or cyclic N) is 1. The molecule has 5 rings (SSSR count). The van der Waals surface area contributed by atoms with Gasteiger partial charge in [0.15, 0.2) is 5.65 Å². The quantitative estimate of drug-likeness (QED) is 0.533. The molecular weight excluding hydrogens is 456 g/mol. The summed E-state index contributed by atoms with van der Waals surface area (Å²) in [5, 5.41) is 15.3. The average molecular weight is 491 g/mol. The van der Waals surface area contributed by atoms with Gasteiger partial charge < -0.3 is 24.6 Å². The average Bonchev–Trinajstić information content (AvgIpc) is 3.46. The first-order valence-corrected chi connectivity index (χ1v) is 12.6.